The second-order valence-electron chi connectivity index (χ2n) is 7.61. The summed E-state index contributed by atoms with van der Waals surface area (Å²) < 4.78 is 21.6. The molecule has 9 heteroatoms. The van der Waals surface area contributed by atoms with Gasteiger partial charge in [-0.1, -0.05) is 41.4 Å². The Morgan fingerprint density at radius 3 is 2.56 bits per heavy atom. The van der Waals surface area contributed by atoms with Gasteiger partial charge >= 0.3 is 0 Å². The predicted octanol–water partition coefficient (Wildman–Crippen LogP) is 3.90. The number of hydrogen-bond donors (Lipinski definition) is 2. The lowest BCUT2D eigenvalue weighted by Gasteiger charge is -2.12. The maximum absolute atomic E-state index is 12.7. The van der Waals surface area contributed by atoms with E-state index in [-0.39, 0.29) is 11.7 Å². The van der Waals surface area contributed by atoms with Gasteiger partial charge in [0.25, 0.3) is 5.91 Å². The lowest BCUT2D eigenvalue weighted by Crippen LogP contribution is -2.23. The minimum absolute atomic E-state index is 0.0271. The molecule has 4 aromatic rings. The van der Waals surface area contributed by atoms with Gasteiger partial charge in [0.2, 0.25) is 5.95 Å². The number of anilines is 2. The highest BCUT2D eigenvalue weighted by atomic mass is 32.2. The van der Waals surface area contributed by atoms with E-state index < -0.39 is 11.1 Å². The smallest absolute Gasteiger partial charge is 0.251 e. The second-order valence-corrected chi connectivity index (χ2v) is 8.51. The van der Waals surface area contributed by atoms with Gasteiger partial charge in [-0.15, -0.1) is 0 Å². The molecular formula is C25H22N5O3S-. The monoisotopic (exact) mass is 472 g/mol. The number of hydrogen-bond acceptors (Lipinski definition) is 7. The first-order valence-corrected chi connectivity index (χ1v) is 11.8. The number of aromatic nitrogens is 3. The van der Waals surface area contributed by atoms with Crippen molar-refractivity contribution < 1.29 is 13.6 Å². The maximum Gasteiger partial charge on any atom is 0.251 e. The number of pyridine rings is 1. The summed E-state index contributed by atoms with van der Waals surface area (Å²) in [5.74, 6) is 0.166. The number of benzene rings is 2. The molecule has 34 heavy (non-hydrogen) atoms. The average molecular weight is 473 g/mol. The minimum Gasteiger partial charge on any atom is -0.772 e. The second kappa shape index (κ2) is 10.8. The van der Waals surface area contributed by atoms with E-state index in [9.17, 15) is 13.6 Å². The highest BCUT2D eigenvalue weighted by molar-refractivity contribution is 7.78. The van der Waals surface area contributed by atoms with Crippen LogP contribution in [0.15, 0.2) is 79.3 Å². The van der Waals surface area contributed by atoms with Gasteiger partial charge in [-0.3, -0.25) is 14.0 Å². The zero-order chi connectivity index (χ0) is 23.9. The Kier molecular flexibility index (Phi) is 7.36. The molecule has 1 atom stereocenters. The number of rotatable bonds is 8. The van der Waals surface area contributed by atoms with Crippen LogP contribution in [0.25, 0.3) is 11.3 Å². The van der Waals surface area contributed by atoms with Gasteiger partial charge in [0.15, 0.2) is 0 Å². The van der Waals surface area contributed by atoms with Crippen LogP contribution in [-0.4, -0.2) is 29.6 Å². The zero-order valence-corrected chi connectivity index (χ0v) is 19.2. The summed E-state index contributed by atoms with van der Waals surface area (Å²) in [5.41, 5.74) is 5.36. The van der Waals surface area contributed by atoms with Crippen LogP contribution < -0.4 is 10.6 Å². The van der Waals surface area contributed by atoms with E-state index in [1.54, 1.807) is 55.0 Å². The number of nitrogens with one attached hydrogen (secondary N) is 2. The fraction of sp³-hybridized carbons (Fsp3) is 0.120. The lowest BCUT2D eigenvalue weighted by molar-refractivity contribution is 0.0951. The Morgan fingerprint density at radius 2 is 1.82 bits per heavy atom. The van der Waals surface area contributed by atoms with Crippen LogP contribution in [0, 0.1) is 6.92 Å². The van der Waals surface area contributed by atoms with E-state index in [0.717, 1.165) is 28.1 Å². The summed E-state index contributed by atoms with van der Waals surface area (Å²) in [7, 11) is 0. The SMILES string of the molecule is Cc1ccc(C(=O)NCc2ccc(CS(=O)[O-])cc2)cc1Nc1nccc(-c2cccnc2)n1. The van der Waals surface area contributed by atoms with Gasteiger partial charge < -0.3 is 15.2 Å². The van der Waals surface area contributed by atoms with Gasteiger partial charge in [-0.2, -0.15) is 0 Å². The van der Waals surface area contributed by atoms with E-state index in [0.29, 0.717) is 23.6 Å². The molecule has 2 N–H and O–H groups in total. The number of carbonyl (C=O) groups excluding carboxylic acids is 1. The molecule has 0 bridgehead atoms. The normalized spacial score (nSPS) is 11.6. The highest BCUT2D eigenvalue weighted by Crippen LogP contribution is 2.22. The Labute approximate surface area is 199 Å². The van der Waals surface area contributed by atoms with E-state index >= 15 is 0 Å². The van der Waals surface area contributed by atoms with Gasteiger partial charge in [0, 0.05) is 47.7 Å². The summed E-state index contributed by atoms with van der Waals surface area (Å²) in [4.78, 5) is 25.7. The minimum atomic E-state index is -2.13. The van der Waals surface area contributed by atoms with Crippen LogP contribution in [-0.2, 0) is 23.4 Å². The molecule has 2 heterocycles. The van der Waals surface area contributed by atoms with Crippen molar-refractivity contribution in [3.05, 3.63) is 102 Å². The summed E-state index contributed by atoms with van der Waals surface area (Å²) in [6.07, 6.45) is 5.11. The Morgan fingerprint density at radius 1 is 1.03 bits per heavy atom. The first kappa shape index (κ1) is 23.2. The van der Waals surface area contributed by atoms with Crippen molar-refractivity contribution in [2.24, 2.45) is 0 Å². The molecule has 2 aromatic carbocycles. The number of aryl methyl sites for hydroxylation is 1. The van der Waals surface area contributed by atoms with Crippen LogP contribution >= 0.6 is 0 Å². The third kappa shape index (κ3) is 6.09. The van der Waals surface area contributed by atoms with Crippen LogP contribution in [0.5, 0.6) is 0 Å². The first-order valence-electron chi connectivity index (χ1n) is 10.5. The fourth-order valence-electron chi connectivity index (χ4n) is 3.29. The van der Waals surface area contributed by atoms with Crippen LogP contribution in [0.3, 0.4) is 0 Å². The average Bonchev–Trinajstić information content (AvgIpc) is 2.85. The summed E-state index contributed by atoms with van der Waals surface area (Å²) in [5, 5.41) is 6.09. The molecule has 0 saturated carbocycles. The number of amides is 1. The van der Waals surface area contributed by atoms with Crippen molar-refractivity contribution in [3.8, 4) is 11.3 Å². The summed E-state index contributed by atoms with van der Waals surface area (Å²) >= 11 is -2.13. The van der Waals surface area contributed by atoms with Crippen LogP contribution in [0.4, 0.5) is 11.6 Å². The zero-order valence-electron chi connectivity index (χ0n) is 18.4. The van der Waals surface area contributed by atoms with Gasteiger partial charge in [-0.25, -0.2) is 9.97 Å². The molecule has 0 fully saturated rings. The quantitative estimate of drug-likeness (QED) is 0.373. The number of nitrogens with zero attached hydrogens (tertiary/aromatic N) is 3. The van der Waals surface area contributed by atoms with E-state index in [4.69, 9.17) is 0 Å². The van der Waals surface area contributed by atoms with Gasteiger partial charge in [0.1, 0.15) is 0 Å². The van der Waals surface area contributed by atoms with Crippen molar-refractivity contribution in [1.29, 1.82) is 0 Å². The van der Waals surface area contributed by atoms with E-state index in [1.165, 1.54) is 0 Å². The molecule has 1 amide bonds. The predicted molar refractivity (Wildman–Crippen MR) is 130 cm³/mol. The molecule has 1 unspecified atom stereocenters. The molecule has 0 spiro atoms. The Bertz CT molecular complexity index is 1310. The molecule has 8 nitrogen and oxygen atoms in total. The van der Waals surface area contributed by atoms with Crippen molar-refractivity contribution in [2.45, 2.75) is 19.2 Å². The van der Waals surface area contributed by atoms with Gasteiger partial charge in [0.05, 0.1) is 5.69 Å². The Hall–Kier alpha value is -3.95. The van der Waals surface area contributed by atoms with E-state index in [2.05, 4.69) is 25.6 Å². The topological polar surface area (TPSA) is 120 Å². The molecular weight excluding hydrogens is 450 g/mol. The highest BCUT2D eigenvalue weighted by Gasteiger charge is 2.10. The van der Waals surface area contributed by atoms with Gasteiger partial charge in [-0.05, 0) is 53.9 Å². The third-order valence-electron chi connectivity index (χ3n) is 5.12. The largest absolute Gasteiger partial charge is 0.772 e. The molecule has 172 valence electrons. The molecule has 0 aliphatic rings. The standard InChI is InChI=1S/C25H23N5O3S/c1-17-4-9-20(24(31)28-14-18-5-7-19(8-6-18)16-34(32)33)13-23(17)30-25-27-12-10-22(29-25)21-3-2-11-26-15-21/h2-13,15H,14,16H2,1H3,(H,28,31)(H,32,33)(H,27,29,30)/p-1. The van der Waals surface area contributed by atoms with Crippen molar-refractivity contribution in [3.63, 3.8) is 0 Å². The lowest BCUT2D eigenvalue weighted by atomic mass is 10.1. The van der Waals surface area contributed by atoms with Crippen LogP contribution in [0.2, 0.25) is 0 Å². The summed E-state index contributed by atoms with van der Waals surface area (Å²) in [6.45, 7) is 2.26. The summed E-state index contributed by atoms with van der Waals surface area (Å²) in [6, 6.07) is 18.1. The molecule has 0 saturated heterocycles. The van der Waals surface area contributed by atoms with E-state index in [1.807, 2.05) is 31.2 Å². The van der Waals surface area contributed by atoms with Crippen molar-refractivity contribution in [1.82, 2.24) is 20.3 Å². The van der Waals surface area contributed by atoms with Crippen molar-refractivity contribution in [2.75, 3.05) is 5.32 Å². The molecule has 4 rings (SSSR count). The third-order valence-corrected chi connectivity index (χ3v) is 5.69. The fourth-order valence-corrected chi connectivity index (χ4v) is 3.75. The Balaban J connectivity index is 1.44. The van der Waals surface area contributed by atoms with Crippen LogP contribution in [0.1, 0.15) is 27.0 Å². The molecule has 0 aliphatic heterocycles. The maximum atomic E-state index is 12.7. The molecule has 2 aromatic heterocycles. The molecule has 0 aliphatic carbocycles. The number of carbonyl (C=O) groups is 1. The molecule has 0 radical (unpaired) electrons. The first-order chi connectivity index (χ1) is 16.5. The van der Waals surface area contributed by atoms with Crippen molar-refractivity contribution >= 4 is 28.6 Å².